The van der Waals surface area contributed by atoms with Crippen molar-refractivity contribution in [2.75, 3.05) is 55.9 Å². The Morgan fingerprint density at radius 1 is 0.560 bits per heavy atom. The fraction of sp³-hybridized carbons (Fsp3) is 0.420. The van der Waals surface area contributed by atoms with Gasteiger partial charge >= 0.3 is 59.1 Å². The van der Waals surface area contributed by atoms with Gasteiger partial charge in [0.05, 0.1) is 48.9 Å². The van der Waals surface area contributed by atoms with Gasteiger partial charge < -0.3 is 96.3 Å². The zero-order valence-electron chi connectivity index (χ0n) is 55.3. The van der Waals surface area contributed by atoms with Crippen molar-refractivity contribution < 1.29 is 167 Å². The van der Waals surface area contributed by atoms with E-state index in [0.717, 1.165) is 25.0 Å². The van der Waals surface area contributed by atoms with Gasteiger partial charge in [-0.05, 0) is 95.2 Å². The van der Waals surface area contributed by atoms with Gasteiger partial charge in [0.1, 0.15) is 30.4 Å². The van der Waals surface area contributed by atoms with Crippen molar-refractivity contribution in [2.45, 2.75) is 125 Å². The molecule has 0 aromatic heterocycles. The zero-order chi connectivity index (χ0) is 69.7. The number of ketones is 3. The standard InChI is InChI=1S/C69H76N5O21S2.2Na.H2O/c1-37(76)73-56-52(79)32-68(36-75,94-62(56)60(85)54(81)34-71-65(88)41-19-21-45-43-10-3-5-12-47(43)58(83)49(45)30-41)92-24-8-28-97-29-23-70-64(87)40-17-15-39(16-18-40)51(78)14-7-26-96-27-9-25-93-69(67(90)91)33-53(80)57(74-38(2)77)63(95-69)61(86)55(82)35-72-66(89)42-20-22-46-44-11-4-6-13-48(44)59(84)50(46)31-42;;;/h3-6,10-13,15-22,30-31,52-57,60-63,79-82,85-86H,7-9,14,23-29,32-35H2,1-2H3,(H,70,87)(H,71,88)(H,72,89)(H,73,76)(H,74,77)(H,90,91);;;1H2/q-1;2*+1;/p-2/t52-,53-,54+,55+,56+,57+,60+,61+,62+,63+,68+,69+;;;/m0.../s1. The van der Waals surface area contributed by atoms with Gasteiger partial charge in [0, 0.05) is 110 Å². The van der Waals surface area contributed by atoms with Crippen LogP contribution < -0.4 is 90.8 Å². The molecule has 0 saturated carbocycles. The van der Waals surface area contributed by atoms with Gasteiger partial charge in [-0.25, -0.2) is 6.29 Å². The minimum absolute atomic E-state index is 0. The predicted octanol–water partition coefficient (Wildman–Crippen LogP) is -5.22. The van der Waals surface area contributed by atoms with E-state index in [4.69, 9.17) is 18.9 Å². The first-order chi connectivity index (χ1) is 46.4. The van der Waals surface area contributed by atoms with Crippen LogP contribution in [0.3, 0.4) is 0 Å². The van der Waals surface area contributed by atoms with Crippen LogP contribution in [0.25, 0.3) is 22.3 Å². The normalized spacial score (nSPS) is 22.0. The number of carbonyl (C=O) groups is 9. The Morgan fingerprint density at radius 3 is 1.47 bits per heavy atom. The fourth-order valence-electron chi connectivity index (χ4n) is 12.0. The van der Waals surface area contributed by atoms with Crippen LogP contribution in [0.4, 0.5) is 0 Å². The summed E-state index contributed by atoms with van der Waals surface area (Å²) in [6, 6.07) is 26.7. The van der Waals surface area contributed by atoms with E-state index in [0.29, 0.717) is 80.4 Å². The minimum Gasteiger partial charge on any atom is -0.870 e. The molecule has 524 valence electrons. The monoisotopic (exact) mass is 1440 g/mol. The van der Waals surface area contributed by atoms with Crippen molar-refractivity contribution in [2.24, 2.45) is 0 Å². The van der Waals surface area contributed by atoms with Crippen LogP contribution in [0.2, 0.25) is 0 Å². The maximum Gasteiger partial charge on any atom is 1.00 e. The number of carboxylic acids is 1. The molecule has 2 saturated heterocycles. The summed E-state index contributed by atoms with van der Waals surface area (Å²) in [5, 5.41) is 92.5. The van der Waals surface area contributed by atoms with Gasteiger partial charge in [-0.2, -0.15) is 23.5 Å². The van der Waals surface area contributed by atoms with Crippen LogP contribution in [0.5, 0.6) is 0 Å². The molecule has 12 N–H and O–H groups in total. The van der Waals surface area contributed by atoms with Gasteiger partial charge in [0.15, 0.2) is 17.3 Å². The molecular formula is C69H76N5Na2O22S2-. The van der Waals surface area contributed by atoms with Crippen molar-refractivity contribution in [3.05, 3.63) is 154 Å². The number of ether oxygens (including phenoxy) is 4. The topological polar surface area (TPSA) is 442 Å². The van der Waals surface area contributed by atoms with Crippen molar-refractivity contribution >= 4 is 82.7 Å². The Labute approximate surface area is 628 Å². The molecule has 2 fully saturated rings. The number of fused-ring (bicyclic) bond motifs is 6. The molecule has 9 rings (SSSR count). The Kier molecular flexibility index (Phi) is 31.4. The predicted molar refractivity (Wildman–Crippen MR) is 352 cm³/mol. The molecule has 27 nitrogen and oxygen atoms in total. The molecule has 31 heteroatoms. The molecule has 0 bridgehead atoms. The second kappa shape index (κ2) is 37.9. The molecule has 5 aromatic carbocycles. The molecule has 0 unspecified atom stereocenters. The van der Waals surface area contributed by atoms with Crippen LogP contribution in [0.1, 0.15) is 126 Å². The second-order valence-corrected chi connectivity index (χ2v) is 26.3. The van der Waals surface area contributed by atoms with Crippen LogP contribution in [0, 0.1) is 0 Å². The van der Waals surface area contributed by atoms with Gasteiger partial charge in [-0.3, -0.25) is 38.4 Å². The first-order valence-electron chi connectivity index (χ1n) is 31.5. The SMILES string of the molecule is CC(=O)N[C@H]1[C@H]([C@H](O)[C@H](O)CNC(=O)c2ccc3c(c2)C(=O)c2ccccc2-3)O[C@]([C-]=O)(OCCCSCCNC(=O)c2ccc(C(=O)CCCSCCCO[C@]3(C(=O)[O-])C[C@H](O)[C@@H](NC(C)=O)[C@H]([C@H](O)[C@H](O)CNC(=O)c4ccc5c(c4)C(=O)c4ccccc4-5)O3)cc2)C[C@@H]1O.[Na+].[Na+].[OH-]. The number of hydrogen-bond donors (Lipinski definition) is 11. The number of aliphatic hydroxyl groups is 6. The van der Waals surface area contributed by atoms with Crippen LogP contribution >= 0.6 is 23.5 Å². The first-order valence-corrected chi connectivity index (χ1v) is 33.8. The van der Waals surface area contributed by atoms with E-state index in [1.807, 2.05) is 6.07 Å². The Bertz CT molecular complexity index is 3780. The molecule has 2 aliphatic heterocycles. The Hall–Kier alpha value is -6.14. The summed E-state index contributed by atoms with van der Waals surface area (Å²) < 4.78 is 23.2. The van der Waals surface area contributed by atoms with Crippen LogP contribution in [-0.2, 0) is 38.1 Å². The van der Waals surface area contributed by atoms with Crippen molar-refractivity contribution in [1.82, 2.24) is 26.6 Å². The second-order valence-electron chi connectivity index (χ2n) is 23.9. The van der Waals surface area contributed by atoms with Crippen molar-refractivity contribution in [3.63, 3.8) is 0 Å². The third kappa shape index (κ3) is 20.0. The Morgan fingerprint density at radius 2 is 0.980 bits per heavy atom. The molecule has 2 heterocycles. The summed E-state index contributed by atoms with van der Waals surface area (Å²) in [6.07, 6.45) is -12.3. The number of hydrogen-bond acceptors (Lipinski definition) is 24. The number of aliphatic carboxylic acids is 1. The first kappa shape index (κ1) is 82.8. The summed E-state index contributed by atoms with van der Waals surface area (Å²) in [6.45, 7) is 1.13. The number of aliphatic hydroxyl groups excluding tert-OH is 6. The van der Waals surface area contributed by atoms with E-state index >= 15 is 0 Å². The molecule has 5 aromatic rings. The van der Waals surface area contributed by atoms with E-state index in [2.05, 4.69) is 26.6 Å². The van der Waals surface area contributed by atoms with Crippen molar-refractivity contribution in [3.8, 4) is 22.3 Å². The third-order valence-corrected chi connectivity index (χ3v) is 19.2. The summed E-state index contributed by atoms with van der Waals surface area (Å²) in [4.78, 5) is 128. The van der Waals surface area contributed by atoms with E-state index in [9.17, 15) is 83.7 Å². The molecule has 12 atom stereocenters. The molecule has 4 aliphatic rings. The maximum absolute atomic E-state index is 13.2. The number of carboxylic acid groups (broad SMARTS) is 1. The number of rotatable bonds is 33. The number of benzene rings is 5. The van der Waals surface area contributed by atoms with E-state index in [1.54, 1.807) is 73.0 Å². The Balaban J connectivity index is 0.00000525. The molecular weight excluding hydrogens is 1360 g/mol. The summed E-state index contributed by atoms with van der Waals surface area (Å²) in [5.74, 6) is -8.41. The van der Waals surface area contributed by atoms with E-state index < -0.39 is 128 Å². The van der Waals surface area contributed by atoms with Gasteiger partial charge in [-0.15, -0.1) is 0 Å². The van der Waals surface area contributed by atoms with E-state index in [-0.39, 0.29) is 132 Å². The average Bonchev–Trinajstić information content (AvgIpc) is 1.47. The number of Topliss-reactive ketones (excluding diaryl/α,β-unsaturated/α-hetero) is 1. The average molecular weight is 1440 g/mol. The fourth-order valence-corrected chi connectivity index (χ4v) is 13.7. The number of amides is 5. The van der Waals surface area contributed by atoms with Crippen LogP contribution in [0.15, 0.2) is 109 Å². The quantitative estimate of drug-likeness (QED) is 0.00793. The summed E-state index contributed by atoms with van der Waals surface area (Å²) >= 11 is 2.92. The summed E-state index contributed by atoms with van der Waals surface area (Å²) in [7, 11) is 0. The minimum atomic E-state index is -2.62. The summed E-state index contributed by atoms with van der Waals surface area (Å²) in [5.41, 5.74) is 5.40. The molecule has 100 heavy (non-hydrogen) atoms. The number of carbonyl (C=O) groups excluding carboxylic acids is 10. The van der Waals surface area contributed by atoms with Gasteiger partial charge in [0.25, 0.3) is 17.7 Å². The van der Waals surface area contributed by atoms with Crippen LogP contribution in [-0.4, -0.2) is 224 Å². The smallest absolute Gasteiger partial charge is 0.870 e. The molecule has 0 spiro atoms. The maximum atomic E-state index is 13.2. The van der Waals surface area contributed by atoms with Crippen molar-refractivity contribution in [1.29, 1.82) is 0 Å². The van der Waals surface area contributed by atoms with Gasteiger partial charge in [-0.1, -0.05) is 72.8 Å². The van der Waals surface area contributed by atoms with Gasteiger partial charge in [0.2, 0.25) is 17.6 Å². The third-order valence-electron chi connectivity index (χ3n) is 17.0. The van der Waals surface area contributed by atoms with E-state index in [1.165, 1.54) is 59.9 Å². The number of nitrogens with one attached hydrogen (secondary N) is 5. The largest absolute Gasteiger partial charge is 1.00 e. The zero-order valence-corrected chi connectivity index (χ0v) is 61.0. The number of thioether (sulfide) groups is 2. The molecule has 0 radical (unpaired) electrons. The molecule has 2 aliphatic carbocycles. The molecule has 5 amide bonds.